The molecule has 0 aliphatic rings. The monoisotopic (exact) mass is 288 g/mol. The predicted octanol–water partition coefficient (Wildman–Crippen LogP) is 2.69. The highest BCUT2D eigenvalue weighted by molar-refractivity contribution is 6.31. The molecule has 19 heavy (non-hydrogen) atoms. The molecular weight excluding hydrogens is 275 g/mol. The molecule has 0 bridgehead atoms. The van der Waals surface area contributed by atoms with Gasteiger partial charge in [-0.1, -0.05) is 17.7 Å². The Labute approximate surface area is 115 Å². The minimum atomic E-state index is -1.07. The molecule has 1 atom stereocenters. The summed E-state index contributed by atoms with van der Waals surface area (Å²) in [6.07, 6.45) is 0. The predicted molar refractivity (Wildman–Crippen MR) is 67.4 cm³/mol. The van der Waals surface area contributed by atoms with Crippen LogP contribution in [-0.2, 0) is 19.1 Å². The molecule has 0 radical (unpaired) electrons. The first-order valence-corrected chi connectivity index (χ1v) is 6.09. The summed E-state index contributed by atoms with van der Waals surface area (Å²) in [5.74, 6) is -2.97. The molecular formula is C13H14ClFO4. The first-order valence-electron chi connectivity index (χ1n) is 5.71. The quantitative estimate of drug-likeness (QED) is 0.782. The standard InChI is InChI=1S/C13H14ClFO4/c1-3-18-13(17)9(7-19-8(2)16)12-10(14)5-4-6-11(12)15/h4-6,9H,3,7H2,1-2H3/t9-/m1/s1. The van der Waals surface area contributed by atoms with E-state index < -0.39 is 23.7 Å². The number of rotatable bonds is 5. The third-order valence-corrected chi connectivity index (χ3v) is 2.70. The molecule has 0 amide bonds. The highest BCUT2D eigenvalue weighted by Crippen LogP contribution is 2.28. The van der Waals surface area contributed by atoms with Crippen molar-refractivity contribution in [2.75, 3.05) is 13.2 Å². The van der Waals surface area contributed by atoms with Crippen molar-refractivity contribution in [2.24, 2.45) is 0 Å². The van der Waals surface area contributed by atoms with Gasteiger partial charge in [0.15, 0.2) is 0 Å². The van der Waals surface area contributed by atoms with Crippen molar-refractivity contribution in [3.63, 3.8) is 0 Å². The Balaban J connectivity index is 3.07. The molecule has 0 N–H and O–H groups in total. The summed E-state index contributed by atoms with van der Waals surface area (Å²) in [7, 11) is 0. The second kappa shape index (κ2) is 7.09. The number of halogens is 2. The van der Waals surface area contributed by atoms with Gasteiger partial charge >= 0.3 is 11.9 Å². The van der Waals surface area contributed by atoms with Crippen LogP contribution in [0.3, 0.4) is 0 Å². The largest absolute Gasteiger partial charge is 0.465 e. The molecule has 0 aliphatic heterocycles. The van der Waals surface area contributed by atoms with Crippen LogP contribution in [0.5, 0.6) is 0 Å². The van der Waals surface area contributed by atoms with E-state index in [4.69, 9.17) is 21.1 Å². The van der Waals surface area contributed by atoms with E-state index in [1.807, 2.05) is 0 Å². The molecule has 0 unspecified atom stereocenters. The highest BCUT2D eigenvalue weighted by atomic mass is 35.5. The van der Waals surface area contributed by atoms with Crippen LogP contribution in [-0.4, -0.2) is 25.2 Å². The van der Waals surface area contributed by atoms with Crippen LogP contribution in [0.2, 0.25) is 5.02 Å². The van der Waals surface area contributed by atoms with E-state index in [0.717, 1.165) is 0 Å². The fourth-order valence-corrected chi connectivity index (χ4v) is 1.85. The maximum atomic E-state index is 13.8. The molecule has 0 aromatic heterocycles. The van der Waals surface area contributed by atoms with Crippen molar-refractivity contribution in [1.29, 1.82) is 0 Å². The Hall–Kier alpha value is -1.62. The van der Waals surface area contributed by atoms with Crippen molar-refractivity contribution >= 4 is 23.5 Å². The molecule has 0 saturated heterocycles. The minimum Gasteiger partial charge on any atom is -0.465 e. The average Bonchev–Trinajstić information content (AvgIpc) is 2.32. The van der Waals surface area contributed by atoms with Crippen LogP contribution in [0.25, 0.3) is 0 Å². The van der Waals surface area contributed by atoms with Crippen LogP contribution in [0, 0.1) is 5.82 Å². The van der Waals surface area contributed by atoms with Gasteiger partial charge in [-0.2, -0.15) is 0 Å². The van der Waals surface area contributed by atoms with Crippen molar-refractivity contribution in [2.45, 2.75) is 19.8 Å². The molecule has 4 nitrogen and oxygen atoms in total. The lowest BCUT2D eigenvalue weighted by Gasteiger charge is -2.17. The maximum absolute atomic E-state index is 13.8. The number of hydrogen-bond donors (Lipinski definition) is 0. The van der Waals surface area contributed by atoms with Gasteiger partial charge in [0.25, 0.3) is 0 Å². The van der Waals surface area contributed by atoms with Gasteiger partial charge in [0.05, 0.1) is 6.61 Å². The average molecular weight is 289 g/mol. The Kier molecular flexibility index (Phi) is 5.76. The maximum Gasteiger partial charge on any atom is 0.317 e. The summed E-state index contributed by atoms with van der Waals surface area (Å²) in [5, 5.41) is 0.0882. The third kappa shape index (κ3) is 4.21. The number of hydrogen-bond acceptors (Lipinski definition) is 4. The lowest BCUT2D eigenvalue weighted by molar-refractivity contribution is -0.150. The highest BCUT2D eigenvalue weighted by Gasteiger charge is 2.28. The van der Waals surface area contributed by atoms with Crippen LogP contribution >= 0.6 is 11.6 Å². The van der Waals surface area contributed by atoms with Crippen molar-refractivity contribution in [3.05, 3.63) is 34.6 Å². The van der Waals surface area contributed by atoms with Crippen LogP contribution in [0.4, 0.5) is 4.39 Å². The van der Waals surface area contributed by atoms with Crippen LogP contribution in [0.15, 0.2) is 18.2 Å². The Morgan fingerprint density at radius 3 is 2.58 bits per heavy atom. The molecule has 6 heteroatoms. The van der Waals surface area contributed by atoms with Gasteiger partial charge in [-0.05, 0) is 19.1 Å². The van der Waals surface area contributed by atoms with Crippen molar-refractivity contribution in [1.82, 2.24) is 0 Å². The zero-order chi connectivity index (χ0) is 14.4. The fourth-order valence-electron chi connectivity index (χ4n) is 1.56. The first-order chi connectivity index (χ1) is 8.97. The molecule has 1 aromatic carbocycles. The van der Waals surface area contributed by atoms with Gasteiger partial charge in [-0.3, -0.25) is 9.59 Å². The number of esters is 2. The summed E-state index contributed by atoms with van der Waals surface area (Å²) in [5.41, 5.74) is -0.0242. The Morgan fingerprint density at radius 1 is 1.37 bits per heavy atom. The van der Waals surface area contributed by atoms with E-state index in [0.29, 0.717) is 0 Å². The van der Waals surface area contributed by atoms with E-state index in [1.54, 1.807) is 6.92 Å². The second-order valence-electron chi connectivity index (χ2n) is 3.74. The lowest BCUT2D eigenvalue weighted by atomic mass is 9.99. The third-order valence-electron chi connectivity index (χ3n) is 2.37. The smallest absolute Gasteiger partial charge is 0.317 e. The first kappa shape index (κ1) is 15.4. The van der Waals surface area contributed by atoms with E-state index in [1.165, 1.54) is 25.1 Å². The SMILES string of the molecule is CCOC(=O)[C@H](COC(C)=O)c1c(F)cccc1Cl. The Morgan fingerprint density at radius 2 is 2.05 bits per heavy atom. The molecule has 0 saturated carbocycles. The summed E-state index contributed by atoms with van der Waals surface area (Å²) < 4.78 is 23.4. The topological polar surface area (TPSA) is 52.6 Å². The van der Waals surface area contributed by atoms with Gasteiger partial charge < -0.3 is 9.47 Å². The molecule has 0 heterocycles. The van der Waals surface area contributed by atoms with Crippen LogP contribution < -0.4 is 0 Å². The summed E-state index contributed by atoms with van der Waals surface area (Å²) in [6.45, 7) is 2.66. The molecule has 1 rings (SSSR count). The normalized spacial score (nSPS) is 11.8. The van der Waals surface area contributed by atoms with E-state index >= 15 is 0 Å². The number of carbonyl (C=O) groups excluding carboxylic acids is 2. The van der Waals surface area contributed by atoms with Gasteiger partial charge in [0.1, 0.15) is 18.3 Å². The van der Waals surface area contributed by atoms with Crippen LogP contribution in [0.1, 0.15) is 25.3 Å². The lowest BCUT2D eigenvalue weighted by Crippen LogP contribution is -2.23. The van der Waals surface area contributed by atoms with Gasteiger partial charge in [-0.25, -0.2) is 4.39 Å². The van der Waals surface area contributed by atoms with Gasteiger partial charge in [-0.15, -0.1) is 0 Å². The number of benzene rings is 1. The van der Waals surface area contributed by atoms with Gasteiger partial charge in [0, 0.05) is 17.5 Å². The minimum absolute atomic E-state index is 0.0242. The fraction of sp³-hybridized carbons (Fsp3) is 0.385. The second-order valence-corrected chi connectivity index (χ2v) is 4.15. The molecule has 104 valence electrons. The summed E-state index contributed by atoms with van der Waals surface area (Å²) in [4.78, 5) is 22.7. The molecule has 0 fully saturated rings. The van der Waals surface area contributed by atoms with E-state index in [9.17, 15) is 14.0 Å². The molecule has 0 spiro atoms. The number of ether oxygens (including phenoxy) is 2. The van der Waals surface area contributed by atoms with Crippen molar-refractivity contribution < 1.29 is 23.5 Å². The van der Waals surface area contributed by atoms with E-state index in [-0.39, 0.29) is 23.8 Å². The summed E-state index contributed by atoms with van der Waals surface area (Å²) >= 11 is 5.90. The molecule has 0 aliphatic carbocycles. The van der Waals surface area contributed by atoms with Crippen molar-refractivity contribution in [3.8, 4) is 0 Å². The zero-order valence-electron chi connectivity index (χ0n) is 10.6. The van der Waals surface area contributed by atoms with E-state index in [2.05, 4.69) is 0 Å². The van der Waals surface area contributed by atoms with Gasteiger partial charge in [0.2, 0.25) is 0 Å². The number of carbonyl (C=O) groups is 2. The molecule has 1 aromatic rings. The summed E-state index contributed by atoms with van der Waals surface area (Å²) in [6, 6.07) is 4.07. The zero-order valence-corrected chi connectivity index (χ0v) is 11.4. The Bertz CT molecular complexity index is 455.